The fraction of sp³-hybridized carbons (Fsp3) is 0.714. The minimum atomic E-state index is 0.218. The fourth-order valence-electron chi connectivity index (χ4n) is 2.24. The van der Waals surface area contributed by atoms with Gasteiger partial charge in [-0.15, -0.1) is 0 Å². The first-order chi connectivity index (χ1) is 9.15. The van der Waals surface area contributed by atoms with E-state index in [-0.39, 0.29) is 6.04 Å². The maximum absolute atomic E-state index is 5.73. The summed E-state index contributed by atoms with van der Waals surface area (Å²) >= 11 is 0. The first kappa shape index (κ1) is 14.1. The van der Waals surface area contributed by atoms with Crippen LogP contribution in [0.1, 0.15) is 32.6 Å². The van der Waals surface area contributed by atoms with Gasteiger partial charge in [0.1, 0.15) is 18.0 Å². The Morgan fingerprint density at radius 1 is 1.47 bits per heavy atom. The lowest BCUT2D eigenvalue weighted by Crippen LogP contribution is -2.30. The third-order valence-electron chi connectivity index (χ3n) is 3.71. The van der Waals surface area contributed by atoms with Gasteiger partial charge < -0.3 is 16.0 Å². The van der Waals surface area contributed by atoms with Gasteiger partial charge in [0.05, 0.1) is 0 Å². The van der Waals surface area contributed by atoms with Gasteiger partial charge in [-0.3, -0.25) is 0 Å². The zero-order valence-corrected chi connectivity index (χ0v) is 12.0. The Morgan fingerprint density at radius 2 is 2.26 bits per heavy atom. The van der Waals surface area contributed by atoms with Crippen LogP contribution in [0.4, 0.5) is 11.6 Å². The molecule has 0 radical (unpaired) electrons. The number of hydrogen-bond donors (Lipinski definition) is 2. The highest BCUT2D eigenvalue weighted by Gasteiger charge is 2.19. The van der Waals surface area contributed by atoms with Crippen LogP contribution in [0.25, 0.3) is 0 Å². The van der Waals surface area contributed by atoms with E-state index in [0.29, 0.717) is 0 Å². The fourth-order valence-corrected chi connectivity index (χ4v) is 2.24. The number of nitrogens with zero attached hydrogens (tertiary/aromatic N) is 3. The Kier molecular flexibility index (Phi) is 4.96. The molecule has 0 amide bonds. The van der Waals surface area contributed by atoms with E-state index in [1.807, 2.05) is 13.0 Å². The number of nitrogens with two attached hydrogens (primary N) is 1. The lowest BCUT2D eigenvalue weighted by molar-refractivity contribution is 0.321. The Hall–Kier alpha value is -1.36. The van der Waals surface area contributed by atoms with Crippen molar-refractivity contribution < 1.29 is 0 Å². The van der Waals surface area contributed by atoms with Gasteiger partial charge in [0.2, 0.25) is 0 Å². The minimum Gasteiger partial charge on any atom is -0.370 e. The second-order valence-corrected chi connectivity index (χ2v) is 5.63. The van der Waals surface area contributed by atoms with Gasteiger partial charge in [-0.25, -0.2) is 9.97 Å². The summed E-state index contributed by atoms with van der Waals surface area (Å²) in [5.41, 5.74) is 5.73. The van der Waals surface area contributed by atoms with Gasteiger partial charge in [-0.1, -0.05) is 6.42 Å². The van der Waals surface area contributed by atoms with Crippen LogP contribution in [-0.2, 0) is 0 Å². The normalized spacial score (nSPS) is 16.8. The number of hydrogen-bond acceptors (Lipinski definition) is 5. The molecule has 1 aliphatic rings. The van der Waals surface area contributed by atoms with Crippen LogP contribution in [-0.4, -0.2) is 36.1 Å². The van der Waals surface area contributed by atoms with Gasteiger partial charge in [0.25, 0.3) is 0 Å². The second-order valence-electron chi connectivity index (χ2n) is 5.63. The maximum atomic E-state index is 5.73. The molecule has 5 heteroatoms. The average molecular weight is 263 g/mol. The molecule has 1 aromatic rings. The highest BCUT2D eigenvalue weighted by molar-refractivity contribution is 5.47. The zero-order chi connectivity index (χ0) is 13.7. The summed E-state index contributed by atoms with van der Waals surface area (Å²) in [5, 5.41) is 3.29. The molecule has 0 aliphatic heterocycles. The zero-order valence-electron chi connectivity index (χ0n) is 12.0. The lowest BCUT2D eigenvalue weighted by Gasteiger charge is -2.30. The van der Waals surface area contributed by atoms with E-state index in [2.05, 4.69) is 27.2 Å². The number of anilines is 2. The van der Waals surface area contributed by atoms with Crippen molar-refractivity contribution in [2.24, 2.45) is 11.7 Å². The minimum absolute atomic E-state index is 0.218. The second kappa shape index (κ2) is 6.70. The van der Waals surface area contributed by atoms with Crippen LogP contribution in [0.5, 0.6) is 0 Å². The molecular formula is C14H25N5. The Balaban J connectivity index is 1.86. The predicted molar refractivity (Wildman–Crippen MR) is 79.4 cm³/mol. The highest BCUT2D eigenvalue weighted by atomic mass is 15.2. The van der Waals surface area contributed by atoms with Crippen molar-refractivity contribution in [3.63, 3.8) is 0 Å². The van der Waals surface area contributed by atoms with Crippen molar-refractivity contribution in [1.82, 2.24) is 9.97 Å². The molecule has 1 aromatic heterocycles. The third-order valence-corrected chi connectivity index (χ3v) is 3.71. The van der Waals surface area contributed by atoms with E-state index in [1.54, 1.807) is 6.33 Å². The SMILES string of the molecule is CC(N)CCNc1cc(N(C)CC2CCC2)ncn1. The summed E-state index contributed by atoms with van der Waals surface area (Å²) in [4.78, 5) is 10.8. The van der Waals surface area contributed by atoms with Crippen LogP contribution >= 0.6 is 0 Å². The van der Waals surface area contributed by atoms with E-state index >= 15 is 0 Å². The summed E-state index contributed by atoms with van der Waals surface area (Å²) in [5.74, 6) is 2.71. The number of aromatic nitrogens is 2. The van der Waals surface area contributed by atoms with Crippen LogP contribution in [0.3, 0.4) is 0 Å². The molecule has 1 unspecified atom stereocenters. The summed E-state index contributed by atoms with van der Waals surface area (Å²) in [6, 6.07) is 2.23. The molecule has 19 heavy (non-hydrogen) atoms. The molecule has 1 heterocycles. The van der Waals surface area contributed by atoms with Crippen molar-refractivity contribution in [3.8, 4) is 0 Å². The first-order valence-electron chi connectivity index (χ1n) is 7.18. The largest absolute Gasteiger partial charge is 0.370 e. The van der Waals surface area contributed by atoms with Gasteiger partial charge in [0, 0.05) is 32.2 Å². The molecule has 0 saturated heterocycles. The number of rotatable bonds is 7. The van der Waals surface area contributed by atoms with Crippen molar-refractivity contribution in [2.45, 2.75) is 38.6 Å². The molecule has 1 saturated carbocycles. The Morgan fingerprint density at radius 3 is 2.89 bits per heavy atom. The van der Waals surface area contributed by atoms with E-state index in [1.165, 1.54) is 19.3 Å². The molecular weight excluding hydrogens is 238 g/mol. The first-order valence-corrected chi connectivity index (χ1v) is 7.18. The van der Waals surface area contributed by atoms with Crippen molar-refractivity contribution in [1.29, 1.82) is 0 Å². The Labute approximate surface area is 115 Å². The quantitative estimate of drug-likeness (QED) is 0.786. The molecule has 3 N–H and O–H groups in total. The molecule has 0 bridgehead atoms. The molecule has 106 valence electrons. The van der Waals surface area contributed by atoms with Crippen LogP contribution in [0.2, 0.25) is 0 Å². The van der Waals surface area contributed by atoms with Gasteiger partial charge in [-0.05, 0) is 32.1 Å². The van der Waals surface area contributed by atoms with Crippen LogP contribution < -0.4 is 16.0 Å². The maximum Gasteiger partial charge on any atom is 0.133 e. The van der Waals surface area contributed by atoms with E-state index in [4.69, 9.17) is 5.73 Å². The monoisotopic (exact) mass is 263 g/mol. The van der Waals surface area contributed by atoms with E-state index in [0.717, 1.165) is 37.1 Å². The smallest absolute Gasteiger partial charge is 0.133 e. The van der Waals surface area contributed by atoms with Crippen molar-refractivity contribution in [2.75, 3.05) is 30.4 Å². The topological polar surface area (TPSA) is 67.1 Å². The lowest BCUT2D eigenvalue weighted by atomic mass is 9.85. The molecule has 1 fully saturated rings. The molecule has 0 spiro atoms. The summed E-state index contributed by atoms with van der Waals surface area (Å²) in [6.07, 6.45) is 6.66. The standard InChI is InChI=1S/C14H25N5/c1-11(15)6-7-16-13-8-14(18-10-17-13)19(2)9-12-4-3-5-12/h8,10-12H,3-7,9,15H2,1-2H3,(H,16,17,18). The van der Waals surface area contributed by atoms with Gasteiger partial charge in [-0.2, -0.15) is 0 Å². The summed E-state index contributed by atoms with van der Waals surface area (Å²) in [6.45, 7) is 3.95. The molecule has 1 atom stereocenters. The van der Waals surface area contributed by atoms with Gasteiger partial charge in [0.15, 0.2) is 0 Å². The molecule has 5 nitrogen and oxygen atoms in total. The van der Waals surface area contributed by atoms with E-state index in [9.17, 15) is 0 Å². The summed E-state index contributed by atoms with van der Waals surface area (Å²) < 4.78 is 0. The van der Waals surface area contributed by atoms with Gasteiger partial charge >= 0.3 is 0 Å². The average Bonchev–Trinajstić information content (AvgIpc) is 2.33. The van der Waals surface area contributed by atoms with Crippen molar-refractivity contribution in [3.05, 3.63) is 12.4 Å². The van der Waals surface area contributed by atoms with Crippen LogP contribution in [0, 0.1) is 5.92 Å². The predicted octanol–water partition coefficient (Wildman–Crippen LogP) is 1.86. The Bertz CT molecular complexity index is 389. The molecule has 1 aliphatic carbocycles. The third kappa shape index (κ3) is 4.35. The highest BCUT2D eigenvalue weighted by Crippen LogP contribution is 2.28. The van der Waals surface area contributed by atoms with Crippen LogP contribution in [0.15, 0.2) is 12.4 Å². The van der Waals surface area contributed by atoms with E-state index < -0.39 is 0 Å². The number of nitrogens with one attached hydrogen (secondary N) is 1. The molecule has 2 rings (SSSR count). The summed E-state index contributed by atoms with van der Waals surface area (Å²) in [7, 11) is 2.10. The van der Waals surface area contributed by atoms with Crippen molar-refractivity contribution >= 4 is 11.6 Å². The molecule has 0 aromatic carbocycles.